The summed E-state index contributed by atoms with van der Waals surface area (Å²) in [7, 11) is 0. The molecule has 0 fully saturated rings. The van der Waals surface area contributed by atoms with E-state index in [0.29, 0.717) is 6.42 Å². The Bertz CT molecular complexity index is 739. The van der Waals surface area contributed by atoms with Crippen molar-refractivity contribution in [3.63, 3.8) is 0 Å². The molecule has 2 heteroatoms. The highest BCUT2D eigenvalue weighted by molar-refractivity contribution is 7.99. The van der Waals surface area contributed by atoms with Crippen molar-refractivity contribution in [3.8, 4) is 0 Å². The van der Waals surface area contributed by atoms with Crippen molar-refractivity contribution in [3.05, 3.63) is 102 Å². The third-order valence-corrected chi connectivity index (χ3v) is 4.93. The van der Waals surface area contributed by atoms with Gasteiger partial charge in [0.15, 0.2) is 5.78 Å². The lowest BCUT2D eigenvalue weighted by Crippen LogP contribution is -2.05. The molecule has 3 aromatic carbocycles. The van der Waals surface area contributed by atoms with Gasteiger partial charge in [-0.2, -0.15) is 0 Å². The van der Waals surface area contributed by atoms with Crippen LogP contribution in [0, 0.1) is 0 Å². The first-order valence-corrected chi connectivity index (χ1v) is 8.56. The first-order chi connectivity index (χ1) is 11.3. The van der Waals surface area contributed by atoms with E-state index < -0.39 is 0 Å². The van der Waals surface area contributed by atoms with Crippen molar-refractivity contribution in [1.82, 2.24) is 0 Å². The number of carbonyl (C=O) groups is 1. The molecule has 0 aliphatic heterocycles. The summed E-state index contributed by atoms with van der Waals surface area (Å²) in [5, 5.41) is 0.117. The van der Waals surface area contributed by atoms with Gasteiger partial charge >= 0.3 is 0 Å². The fourth-order valence-electron chi connectivity index (χ4n) is 2.47. The van der Waals surface area contributed by atoms with Gasteiger partial charge in [0.25, 0.3) is 0 Å². The van der Waals surface area contributed by atoms with Crippen molar-refractivity contribution < 1.29 is 4.79 Å². The monoisotopic (exact) mass is 318 g/mol. The van der Waals surface area contributed by atoms with Gasteiger partial charge in [0.2, 0.25) is 0 Å². The second-order valence-electron chi connectivity index (χ2n) is 5.32. The van der Waals surface area contributed by atoms with Gasteiger partial charge in [-0.3, -0.25) is 4.79 Å². The molecule has 0 saturated heterocycles. The molecule has 0 aromatic heterocycles. The normalized spacial score (nSPS) is 11.8. The van der Waals surface area contributed by atoms with Gasteiger partial charge in [-0.15, -0.1) is 11.8 Å². The summed E-state index contributed by atoms with van der Waals surface area (Å²) in [6.07, 6.45) is 0.494. The molecule has 1 nitrogen and oxygen atoms in total. The van der Waals surface area contributed by atoms with Crippen LogP contribution < -0.4 is 0 Å². The van der Waals surface area contributed by atoms with Crippen molar-refractivity contribution in [2.45, 2.75) is 16.6 Å². The Morgan fingerprint density at radius 2 is 1.26 bits per heavy atom. The summed E-state index contributed by atoms with van der Waals surface area (Å²) in [4.78, 5) is 13.8. The number of Topliss-reactive ketones (excluding diaryl/α,β-unsaturated/α-hetero) is 1. The van der Waals surface area contributed by atoms with Crippen molar-refractivity contribution in [1.29, 1.82) is 0 Å². The van der Waals surface area contributed by atoms with Crippen LogP contribution in [0.1, 0.15) is 27.6 Å². The van der Waals surface area contributed by atoms with Gasteiger partial charge in [0, 0.05) is 22.1 Å². The average Bonchev–Trinajstić information content (AvgIpc) is 2.63. The molecule has 0 saturated carbocycles. The first-order valence-electron chi connectivity index (χ1n) is 7.68. The largest absolute Gasteiger partial charge is 0.294 e. The van der Waals surface area contributed by atoms with Crippen molar-refractivity contribution in [2.75, 3.05) is 0 Å². The summed E-state index contributed by atoms with van der Waals surface area (Å²) in [6.45, 7) is 0. The second kappa shape index (κ2) is 7.80. The zero-order chi connectivity index (χ0) is 15.9. The van der Waals surface area contributed by atoms with Crippen LogP contribution in [0.15, 0.2) is 95.9 Å². The minimum absolute atomic E-state index is 0.117. The van der Waals surface area contributed by atoms with Crippen LogP contribution in [-0.2, 0) is 0 Å². The van der Waals surface area contributed by atoms with Crippen molar-refractivity contribution in [2.24, 2.45) is 0 Å². The maximum absolute atomic E-state index is 12.6. The maximum atomic E-state index is 12.6. The van der Waals surface area contributed by atoms with Crippen LogP contribution in [0.3, 0.4) is 0 Å². The Kier molecular flexibility index (Phi) is 5.28. The highest BCUT2D eigenvalue weighted by Crippen LogP contribution is 2.38. The van der Waals surface area contributed by atoms with E-state index in [1.807, 2.05) is 66.7 Å². The number of thioether (sulfide) groups is 1. The third kappa shape index (κ3) is 4.33. The summed E-state index contributed by atoms with van der Waals surface area (Å²) in [6, 6.07) is 30.0. The lowest BCUT2D eigenvalue weighted by Gasteiger charge is -2.16. The van der Waals surface area contributed by atoms with E-state index in [4.69, 9.17) is 0 Å². The number of hydrogen-bond donors (Lipinski definition) is 0. The lowest BCUT2D eigenvalue weighted by molar-refractivity contribution is 0.0982. The van der Waals surface area contributed by atoms with Gasteiger partial charge in [-0.05, 0) is 17.7 Å². The Labute approximate surface area is 141 Å². The van der Waals surface area contributed by atoms with Gasteiger partial charge in [0.1, 0.15) is 0 Å². The van der Waals surface area contributed by atoms with E-state index in [0.717, 1.165) is 5.56 Å². The van der Waals surface area contributed by atoms with Crippen LogP contribution >= 0.6 is 11.8 Å². The lowest BCUT2D eigenvalue weighted by atomic mass is 10.0. The maximum Gasteiger partial charge on any atom is 0.164 e. The molecule has 3 rings (SSSR count). The SMILES string of the molecule is O=C(CC(Sc1ccccc1)c1ccccc1)c1ccccc1. The molecule has 0 bridgehead atoms. The van der Waals surface area contributed by atoms with Gasteiger partial charge in [-0.25, -0.2) is 0 Å². The molecule has 0 aliphatic rings. The topological polar surface area (TPSA) is 17.1 Å². The third-order valence-electron chi connectivity index (χ3n) is 3.66. The van der Waals surface area contributed by atoms with Crippen LogP contribution in [0.2, 0.25) is 0 Å². The van der Waals surface area contributed by atoms with E-state index >= 15 is 0 Å². The minimum Gasteiger partial charge on any atom is -0.294 e. The molecule has 114 valence electrons. The number of ketones is 1. The Balaban J connectivity index is 1.82. The molecule has 0 amide bonds. The molecule has 0 N–H and O–H groups in total. The number of hydrogen-bond acceptors (Lipinski definition) is 2. The van der Waals surface area contributed by atoms with Crippen LogP contribution in [0.4, 0.5) is 0 Å². The fourth-order valence-corrected chi connectivity index (χ4v) is 3.64. The van der Waals surface area contributed by atoms with E-state index in [1.165, 1.54) is 10.5 Å². The minimum atomic E-state index is 0.117. The second-order valence-corrected chi connectivity index (χ2v) is 6.60. The quantitative estimate of drug-likeness (QED) is 0.422. The summed E-state index contributed by atoms with van der Waals surface area (Å²) in [5.74, 6) is 0.183. The van der Waals surface area contributed by atoms with E-state index in [2.05, 4.69) is 24.3 Å². The zero-order valence-electron chi connectivity index (χ0n) is 12.8. The van der Waals surface area contributed by atoms with Gasteiger partial charge in [-0.1, -0.05) is 78.9 Å². The standard InChI is InChI=1S/C21H18OS/c22-20(17-10-4-1-5-11-17)16-21(18-12-6-2-7-13-18)23-19-14-8-3-9-15-19/h1-15,21H,16H2. The number of carbonyl (C=O) groups excluding carboxylic acids is 1. The van der Waals surface area contributed by atoms with Crippen LogP contribution in [-0.4, -0.2) is 5.78 Å². The highest BCUT2D eigenvalue weighted by Gasteiger charge is 2.18. The molecular weight excluding hydrogens is 300 g/mol. The molecule has 1 unspecified atom stereocenters. The predicted octanol–water partition coefficient (Wildman–Crippen LogP) is 5.79. The van der Waals surface area contributed by atoms with E-state index in [1.54, 1.807) is 11.8 Å². The van der Waals surface area contributed by atoms with E-state index in [9.17, 15) is 4.79 Å². The molecule has 0 spiro atoms. The Hall–Kier alpha value is -2.32. The molecule has 23 heavy (non-hydrogen) atoms. The molecular formula is C21H18OS. The predicted molar refractivity (Wildman–Crippen MR) is 96.9 cm³/mol. The number of benzene rings is 3. The average molecular weight is 318 g/mol. The number of rotatable bonds is 6. The molecule has 0 aliphatic carbocycles. The Morgan fingerprint density at radius 1 is 0.739 bits per heavy atom. The highest BCUT2D eigenvalue weighted by atomic mass is 32.2. The van der Waals surface area contributed by atoms with Gasteiger partial charge in [0.05, 0.1) is 0 Å². The molecule has 3 aromatic rings. The zero-order valence-corrected chi connectivity index (χ0v) is 13.6. The van der Waals surface area contributed by atoms with Crippen LogP contribution in [0.5, 0.6) is 0 Å². The first kappa shape index (κ1) is 15.6. The van der Waals surface area contributed by atoms with E-state index in [-0.39, 0.29) is 11.0 Å². The van der Waals surface area contributed by atoms with Crippen LogP contribution in [0.25, 0.3) is 0 Å². The smallest absolute Gasteiger partial charge is 0.164 e. The summed E-state index contributed by atoms with van der Waals surface area (Å²) < 4.78 is 0. The molecule has 0 heterocycles. The summed E-state index contributed by atoms with van der Waals surface area (Å²) in [5.41, 5.74) is 1.97. The summed E-state index contributed by atoms with van der Waals surface area (Å²) >= 11 is 1.74. The fraction of sp³-hybridized carbons (Fsp3) is 0.0952. The molecule has 1 atom stereocenters. The molecule has 0 radical (unpaired) electrons. The van der Waals surface area contributed by atoms with Gasteiger partial charge < -0.3 is 0 Å². The van der Waals surface area contributed by atoms with Crippen molar-refractivity contribution >= 4 is 17.5 Å². The Morgan fingerprint density at radius 3 is 1.87 bits per heavy atom.